The Balaban J connectivity index is 1.45. The van der Waals surface area contributed by atoms with Gasteiger partial charge < -0.3 is 4.74 Å². The molecule has 34 heavy (non-hydrogen) atoms. The quantitative estimate of drug-likeness (QED) is 0.521. The average molecular weight is 507 g/mol. The van der Waals surface area contributed by atoms with Gasteiger partial charge in [-0.1, -0.05) is 18.2 Å². The van der Waals surface area contributed by atoms with E-state index in [2.05, 4.69) is 19.0 Å². The van der Waals surface area contributed by atoms with Crippen LogP contribution in [0.4, 0.5) is 13.9 Å². The number of fused-ring (bicyclic) bond motifs is 1. The first-order valence-electron chi connectivity index (χ1n) is 11.1. The van der Waals surface area contributed by atoms with Crippen LogP contribution in [0.3, 0.4) is 0 Å². The van der Waals surface area contributed by atoms with Gasteiger partial charge in [0.1, 0.15) is 17.9 Å². The lowest BCUT2D eigenvalue weighted by Crippen LogP contribution is -2.41. The number of alkyl halides is 1. The van der Waals surface area contributed by atoms with Crippen LogP contribution in [0.1, 0.15) is 42.5 Å². The van der Waals surface area contributed by atoms with Gasteiger partial charge in [-0.2, -0.15) is 4.37 Å². The van der Waals surface area contributed by atoms with Gasteiger partial charge in [-0.25, -0.2) is 17.8 Å². The topological polar surface area (TPSA) is 84.4 Å². The van der Waals surface area contributed by atoms with Crippen LogP contribution >= 0.6 is 11.5 Å². The molecule has 11 heteroatoms. The zero-order valence-electron chi connectivity index (χ0n) is 18.2. The first-order chi connectivity index (χ1) is 16.4. The summed E-state index contributed by atoms with van der Waals surface area (Å²) in [6.45, 7) is 0.752. The SMILES string of the molecule is O=S(=O)(Nc1ncns1)c1ccc2c(c1)OCC[C@H]2N1CC[C@H](CF)C[C@@H]1c1ccc(F)cc1. The van der Waals surface area contributed by atoms with Crippen molar-refractivity contribution >= 4 is 26.7 Å². The van der Waals surface area contributed by atoms with Crippen molar-refractivity contribution in [1.82, 2.24) is 14.3 Å². The molecule has 0 bridgehead atoms. The van der Waals surface area contributed by atoms with E-state index in [0.29, 0.717) is 25.3 Å². The van der Waals surface area contributed by atoms with Gasteiger partial charge in [0.15, 0.2) is 0 Å². The summed E-state index contributed by atoms with van der Waals surface area (Å²) in [5, 5.41) is 0.189. The number of ether oxygens (including phenoxy) is 1. The molecule has 2 aliphatic heterocycles. The molecule has 0 saturated carbocycles. The molecule has 0 amide bonds. The van der Waals surface area contributed by atoms with Gasteiger partial charge in [0, 0.05) is 41.7 Å². The van der Waals surface area contributed by atoms with Gasteiger partial charge in [0.25, 0.3) is 10.0 Å². The number of sulfonamides is 1. The van der Waals surface area contributed by atoms with Gasteiger partial charge in [0.05, 0.1) is 18.2 Å². The van der Waals surface area contributed by atoms with Crippen molar-refractivity contribution in [2.75, 3.05) is 24.5 Å². The number of hydrogen-bond acceptors (Lipinski definition) is 7. The summed E-state index contributed by atoms with van der Waals surface area (Å²) in [6.07, 6.45) is 3.39. The Morgan fingerprint density at radius 2 is 1.97 bits per heavy atom. The molecular formula is C23H24F2N4O3S2. The molecule has 1 fully saturated rings. The van der Waals surface area contributed by atoms with E-state index in [-0.39, 0.29) is 40.5 Å². The summed E-state index contributed by atoms with van der Waals surface area (Å²) in [6, 6.07) is 11.2. The van der Waals surface area contributed by atoms with Crippen molar-refractivity contribution in [1.29, 1.82) is 0 Å². The number of benzene rings is 2. The second-order valence-electron chi connectivity index (χ2n) is 8.55. The third-order valence-electron chi connectivity index (χ3n) is 6.51. The number of rotatable bonds is 6. The number of piperidine rings is 1. The zero-order valence-corrected chi connectivity index (χ0v) is 19.9. The lowest BCUT2D eigenvalue weighted by atomic mass is 9.85. The second kappa shape index (κ2) is 9.55. The van der Waals surface area contributed by atoms with Crippen LogP contribution in [-0.4, -0.2) is 42.5 Å². The first-order valence-corrected chi connectivity index (χ1v) is 13.3. The van der Waals surface area contributed by atoms with Gasteiger partial charge in [-0.15, -0.1) is 0 Å². The molecule has 7 nitrogen and oxygen atoms in total. The highest BCUT2D eigenvalue weighted by Gasteiger charge is 2.37. The Labute approximate surface area is 201 Å². The summed E-state index contributed by atoms with van der Waals surface area (Å²) >= 11 is 0.954. The lowest BCUT2D eigenvalue weighted by Gasteiger charge is -2.45. The summed E-state index contributed by atoms with van der Waals surface area (Å²) in [5.41, 5.74) is 1.85. The average Bonchev–Trinajstić information content (AvgIpc) is 3.36. The predicted octanol–water partition coefficient (Wildman–Crippen LogP) is 4.72. The van der Waals surface area contributed by atoms with Crippen LogP contribution in [0.2, 0.25) is 0 Å². The third-order valence-corrected chi connectivity index (χ3v) is 8.56. The molecule has 3 aromatic rings. The normalized spacial score (nSPS) is 23.2. The largest absolute Gasteiger partial charge is 0.493 e. The molecule has 0 unspecified atom stereocenters. The Morgan fingerprint density at radius 3 is 2.71 bits per heavy atom. The van der Waals surface area contributed by atoms with E-state index >= 15 is 0 Å². The molecule has 1 saturated heterocycles. The van der Waals surface area contributed by atoms with Crippen molar-refractivity contribution in [2.45, 2.75) is 36.2 Å². The molecule has 1 N–H and O–H groups in total. The Bertz CT molecular complexity index is 1240. The van der Waals surface area contributed by atoms with Crippen LogP contribution in [-0.2, 0) is 10.0 Å². The van der Waals surface area contributed by atoms with Gasteiger partial charge >= 0.3 is 0 Å². The van der Waals surface area contributed by atoms with E-state index in [1.807, 2.05) is 0 Å². The Morgan fingerprint density at radius 1 is 1.15 bits per heavy atom. The Hall–Kier alpha value is -2.63. The number of anilines is 1. The molecule has 0 aliphatic carbocycles. The van der Waals surface area contributed by atoms with Crippen LogP contribution in [0.25, 0.3) is 0 Å². The van der Waals surface area contributed by atoms with E-state index in [1.165, 1.54) is 24.5 Å². The van der Waals surface area contributed by atoms with Gasteiger partial charge in [-0.3, -0.25) is 14.0 Å². The van der Waals surface area contributed by atoms with E-state index in [9.17, 15) is 17.2 Å². The molecule has 3 atom stereocenters. The highest BCUT2D eigenvalue weighted by atomic mass is 32.2. The first kappa shape index (κ1) is 23.1. The molecule has 2 aromatic carbocycles. The smallest absolute Gasteiger partial charge is 0.263 e. The minimum atomic E-state index is -3.84. The predicted molar refractivity (Wildman–Crippen MR) is 125 cm³/mol. The van der Waals surface area contributed by atoms with Crippen molar-refractivity contribution < 1.29 is 21.9 Å². The lowest BCUT2D eigenvalue weighted by molar-refractivity contribution is 0.0394. The third kappa shape index (κ3) is 4.64. The summed E-state index contributed by atoms with van der Waals surface area (Å²) in [7, 11) is -3.84. The minimum absolute atomic E-state index is 0.0211. The number of halogens is 2. The fraction of sp³-hybridized carbons (Fsp3) is 0.391. The molecule has 180 valence electrons. The van der Waals surface area contributed by atoms with Crippen LogP contribution < -0.4 is 9.46 Å². The van der Waals surface area contributed by atoms with Crippen LogP contribution in [0, 0.1) is 11.7 Å². The van der Waals surface area contributed by atoms with Gasteiger partial charge in [-0.05, 0) is 49.1 Å². The van der Waals surface area contributed by atoms with Crippen molar-refractivity contribution in [3.63, 3.8) is 0 Å². The van der Waals surface area contributed by atoms with Gasteiger partial charge in [0.2, 0.25) is 5.13 Å². The fourth-order valence-electron chi connectivity index (χ4n) is 4.84. The van der Waals surface area contributed by atoms with E-state index in [4.69, 9.17) is 4.74 Å². The van der Waals surface area contributed by atoms with Crippen molar-refractivity contribution in [3.05, 3.63) is 65.7 Å². The summed E-state index contributed by atoms with van der Waals surface area (Å²) in [5.74, 6) is 0.173. The zero-order chi connectivity index (χ0) is 23.7. The van der Waals surface area contributed by atoms with E-state index < -0.39 is 10.0 Å². The fourth-order valence-corrected chi connectivity index (χ4v) is 6.51. The summed E-state index contributed by atoms with van der Waals surface area (Å²) in [4.78, 5) is 6.28. The highest BCUT2D eigenvalue weighted by Crippen LogP contribution is 2.45. The maximum Gasteiger partial charge on any atom is 0.263 e. The van der Waals surface area contributed by atoms with Crippen molar-refractivity contribution in [3.8, 4) is 5.75 Å². The molecular weight excluding hydrogens is 482 g/mol. The summed E-state index contributed by atoms with van der Waals surface area (Å²) < 4.78 is 64.8. The minimum Gasteiger partial charge on any atom is -0.493 e. The number of aromatic nitrogens is 2. The highest BCUT2D eigenvalue weighted by molar-refractivity contribution is 7.93. The molecule has 0 spiro atoms. The Kier molecular flexibility index (Phi) is 6.50. The molecule has 1 aromatic heterocycles. The second-order valence-corrected chi connectivity index (χ2v) is 11.0. The van der Waals surface area contributed by atoms with E-state index in [0.717, 1.165) is 35.5 Å². The molecule has 3 heterocycles. The molecule has 2 aliphatic rings. The van der Waals surface area contributed by atoms with Crippen molar-refractivity contribution in [2.24, 2.45) is 5.92 Å². The number of nitrogens with zero attached hydrogens (tertiary/aromatic N) is 3. The van der Waals surface area contributed by atoms with Crippen LogP contribution in [0.5, 0.6) is 5.75 Å². The molecule has 5 rings (SSSR count). The molecule has 0 radical (unpaired) electrons. The van der Waals surface area contributed by atoms with Crippen LogP contribution in [0.15, 0.2) is 53.7 Å². The number of nitrogens with one attached hydrogen (secondary N) is 1. The number of hydrogen-bond donors (Lipinski definition) is 1. The monoisotopic (exact) mass is 506 g/mol. The number of likely N-dealkylation sites (tertiary alicyclic amines) is 1. The maximum absolute atomic E-state index is 13.6. The maximum atomic E-state index is 13.6. The standard InChI is InChI=1S/C23H24F2N4O3S2/c24-13-15-7-9-29(21(11-15)16-1-3-17(25)4-2-16)20-8-10-32-22-12-18(5-6-19(20)22)34(30,31)28-23-26-14-27-33-23/h1-6,12,14-15,20-21H,7-11,13H2,(H,26,27,28)/t15-,20+,21+/m0/s1. The van der Waals surface area contributed by atoms with E-state index in [1.54, 1.807) is 24.3 Å².